The number of oxime groups is 1. The third kappa shape index (κ3) is 5.32. The molecule has 0 saturated carbocycles. The predicted octanol–water partition coefficient (Wildman–Crippen LogP) is 6.93. The van der Waals surface area contributed by atoms with E-state index in [1.807, 2.05) is 20.1 Å². The fraction of sp³-hybridized carbons (Fsp3) is 0.391. The minimum atomic E-state index is -5.20. The molecule has 206 valence electrons. The average molecular weight is 598 g/mol. The Morgan fingerprint density at radius 1 is 1.08 bits per heavy atom. The molecule has 1 aliphatic rings. The topological polar surface area (TPSA) is 73.6 Å². The molecule has 2 aromatic heterocycles. The molecule has 0 radical (unpaired) electrons. The zero-order chi connectivity index (χ0) is 28.3. The highest BCUT2D eigenvalue weighted by atomic mass is 32.2. The summed E-state index contributed by atoms with van der Waals surface area (Å²) in [6, 6.07) is 1.57. The van der Waals surface area contributed by atoms with Gasteiger partial charge in [-0.15, -0.1) is 23.1 Å². The van der Waals surface area contributed by atoms with Crippen molar-refractivity contribution in [3.8, 4) is 10.6 Å². The van der Waals surface area contributed by atoms with Gasteiger partial charge >= 0.3 is 12.4 Å². The lowest BCUT2D eigenvalue weighted by Crippen LogP contribution is -2.27. The number of thioether (sulfide) groups is 1. The van der Waals surface area contributed by atoms with Crippen molar-refractivity contribution in [1.82, 2.24) is 9.19 Å². The number of halogens is 6. The van der Waals surface area contributed by atoms with Crippen molar-refractivity contribution in [2.24, 2.45) is 10.6 Å². The van der Waals surface area contributed by atoms with E-state index < -0.39 is 38.4 Å². The van der Waals surface area contributed by atoms with Gasteiger partial charge in [0.15, 0.2) is 0 Å². The fourth-order valence-electron chi connectivity index (χ4n) is 4.27. The van der Waals surface area contributed by atoms with Gasteiger partial charge in [-0.05, 0) is 54.3 Å². The lowest BCUT2D eigenvalue weighted by molar-refractivity contribution is -0.143. The van der Waals surface area contributed by atoms with E-state index in [4.69, 9.17) is 4.84 Å². The highest BCUT2D eigenvalue weighted by molar-refractivity contribution is 8.00. The molecular weight excluding hydrogens is 576 g/mol. The number of rotatable bonds is 5. The van der Waals surface area contributed by atoms with Crippen LogP contribution in [0, 0.1) is 5.41 Å². The van der Waals surface area contributed by atoms with E-state index in [0.717, 1.165) is 27.2 Å². The Hall–Kier alpha value is -2.52. The molecule has 6 nitrogen and oxygen atoms in total. The third-order valence-corrected chi connectivity index (χ3v) is 9.76. The summed E-state index contributed by atoms with van der Waals surface area (Å²) >= 11 is 2.81. The summed E-state index contributed by atoms with van der Waals surface area (Å²) in [5.74, 6) is 0. The summed E-state index contributed by atoms with van der Waals surface area (Å²) in [4.78, 5) is 4.49. The van der Waals surface area contributed by atoms with Crippen LogP contribution < -0.4 is 0 Å². The maximum atomic E-state index is 13.3. The Morgan fingerprint density at radius 3 is 2.21 bits per heavy atom. The van der Waals surface area contributed by atoms with Crippen molar-refractivity contribution in [1.29, 1.82) is 0 Å². The Morgan fingerprint density at radius 2 is 1.68 bits per heavy atom. The lowest BCUT2D eigenvalue weighted by Gasteiger charge is -2.31. The third-order valence-electron chi connectivity index (χ3n) is 5.86. The van der Waals surface area contributed by atoms with Gasteiger partial charge in [-0.3, -0.25) is 0 Å². The van der Waals surface area contributed by atoms with Crippen LogP contribution in [0.5, 0.6) is 0 Å². The maximum Gasteiger partial charge on any atom is 0.416 e. The summed E-state index contributed by atoms with van der Waals surface area (Å²) < 4.78 is 107. The minimum Gasteiger partial charge on any atom is -0.399 e. The standard InChI is InChI=1S/C23H21F6N3O3S3/c1-21(2)10-15-18(17(11-21)31-35-3)20(36-4)37-19(15)16-5-6-32(30-16)38(33,34)14-8-12(22(24,25)26)7-13(9-14)23(27,28)29/h5-9H,10-11H2,1-4H3/b31-17-. The van der Waals surface area contributed by atoms with E-state index in [2.05, 4.69) is 10.3 Å². The number of benzene rings is 1. The van der Waals surface area contributed by atoms with Gasteiger partial charge in [0.2, 0.25) is 0 Å². The summed E-state index contributed by atoms with van der Waals surface area (Å²) in [7, 11) is -3.46. The number of aromatic nitrogens is 2. The molecule has 38 heavy (non-hydrogen) atoms. The molecule has 3 aromatic rings. The molecule has 0 atom stereocenters. The van der Waals surface area contributed by atoms with E-state index in [9.17, 15) is 34.8 Å². The Labute approximate surface area is 222 Å². The van der Waals surface area contributed by atoms with Crippen LogP contribution in [0.1, 0.15) is 42.5 Å². The smallest absolute Gasteiger partial charge is 0.399 e. The molecule has 15 heteroatoms. The first-order valence-corrected chi connectivity index (χ1v) is 14.4. The van der Waals surface area contributed by atoms with Crippen LogP contribution in [-0.2, 0) is 33.6 Å². The van der Waals surface area contributed by atoms with Crippen molar-refractivity contribution in [3.63, 3.8) is 0 Å². The molecule has 1 aromatic carbocycles. The number of fused-ring (bicyclic) bond motifs is 1. The summed E-state index contributed by atoms with van der Waals surface area (Å²) in [5, 5.41) is 8.26. The summed E-state index contributed by atoms with van der Waals surface area (Å²) in [6.45, 7) is 4.08. The summed E-state index contributed by atoms with van der Waals surface area (Å²) in [6.07, 6.45) is -6.27. The van der Waals surface area contributed by atoms with Crippen molar-refractivity contribution >= 4 is 38.8 Å². The number of hydrogen-bond acceptors (Lipinski definition) is 7. The SMILES string of the molecule is CO/N=C1/CC(C)(C)Cc2c(-c3ccn(S(=O)(=O)c4cc(C(F)(F)F)cc(C(F)(F)F)c4)n3)sc(SC)c21. The maximum absolute atomic E-state index is 13.3. The highest BCUT2D eigenvalue weighted by Gasteiger charge is 2.39. The van der Waals surface area contributed by atoms with E-state index in [0.29, 0.717) is 21.8 Å². The molecule has 0 aliphatic heterocycles. The number of alkyl halides is 6. The second-order valence-corrected chi connectivity index (χ2v) is 13.2. The fourth-order valence-corrected chi connectivity index (χ4v) is 7.52. The molecule has 0 amide bonds. The van der Waals surface area contributed by atoms with Gasteiger partial charge in [0, 0.05) is 11.8 Å². The van der Waals surface area contributed by atoms with Gasteiger partial charge in [-0.1, -0.05) is 19.0 Å². The molecule has 0 spiro atoms. The molecule has 1 aliphatic carbocycles. The van der Waals surface area contributed by atoms with Crippen LogP contribution in [0.25, 0.3) is 10.6 Å². The molecule has 0 saturated heterocycles. The molecule has 0 N–H and O–H groups in total. The van der Waals surface area contributed by atoms with Gasteiger partial charge < -0.3 is 4.84 Å². The van der Waals surface area contributed by atoms with E-state index >= 15 is 0 Å². The summed E-state index contributed by atoms with van der Waals surface area (Å²) in [5.41, 5.74) is -1.01. The molecule has 0 fully saturated rings. The van der Waals surface area contributed by atoms with Crippen LogP contribution in [-0.4, -0.2) is 36.7 Å². The monoisotopic (exact) mass is 597 g/mol. The van der Waals surface area contributed by atoms with Crippen LogP contribution in [0.15, 0.2) is 44.7 Å². The lowest BCUT2D eigenvalue weighted by atomic mass is 9.74. The van der Waals surface area contributed by atoms with Gasteiger partial charge in [0.25, 0.3) is 10.0 Å². The van der Waals surface area contributed by atoms with Gasteiger partial charge in [-0.2, -0.15) is 43.9 Å². The van der Waals surface area contributed by atoms with E-state index in [-0.39, 0.29) is 29.3 Å². The molecule has 2 heterocycles. The molecule has 0 bridgehead atoms. The molecule has 4 rings (SSSR count). The Balaban J connectivity index is 1.85. The number of thiophene rings is 1. The Kier molecular flexibility index (Phi) is 7.19. The first-order valence-electron chi connectivity index (χ1n) is 10.9. The van der Waals surface area contributed by atoms with E-state index in [1.165, 1.54) is 36.3 Å². The van der Waals surface area contributed by atoms with Crippen molar-refractivity contribution < 1.29 is 39.6 Å². The normalized spacial score (nSPS) is 17.1. The second-order valence-electron chi connectivity index (χ2n) is 9.33. The van der Waals surface area contributed by atoms with Gasteiger partial charge in [0.05, 0.1) is 30.8 Å². The molecular formula is C23H21F6N3O3S3. The first kappa shape index (κ1) is 28.5. The van der Waals surface area contributed by atoms with E-state index in [1.54, 1.807) is 0 Å². The van der Waals surface area contributed by atoms with Crippen LogP contribution in [0.2, 0.25) is 0 Å². The quantitative estimate of drug-likeness (QED) is 0.181. The Bertz CT molecular complexity index is 1490. The second kappa shape index (κ2) is 9.59. The average Bonchev–Trinajstić information content (AvgIpc) is 3.42. The largest absolute Gasteiger partial charge is 0.416 e. The van der Waals surface area contributed by atoms with Crippen molar-refractivity contribution in [2.75, 3.05) is 13.4 Å². The van der Waals surface area contributed by atoms with Crippen molar-refractivity contribution in [2.45, 2.75) is 48.1 Å². The minimum absolute atomic E-state index is 0.129. The zero-order valence-electron chi connectivity index (χ0n) is 20.4. The number of hydrogen-bond donors (Lipinski definition) is 0. The van der Waals surface area contributed by atoms with Crippen LogP contribution in [0.3, 0.4) is 0 Å². The molecule has 0 unspecified atom stereocenters. The first-order chi connectivity index (χ1) is 17.5. The van der Waals surface area contributed by atoms with Gasteiger partial charge in [0.1, 0.15) is 12.8 Å². The highest BCUT2D eigenvalue weighted by Crippen LogP contribution is 2.48. The van der Waals surface area contributed by atoms with Crippen LogP contribution >= 0.6 is 23.1 Å². The van der Waals surface area contributed by atoms with Crippen molar-refractivity contribution in [3.05, 3.63) is 52.7 Å². The predicted molar refractivity (Wildman–Crippen MR) is 132 cm³/mol. The van der Waals surface area contributed by atoms with Gasteiger partial charge in [-0.25, -0.2) is 0 Å². The zero-order valence-corrected chi connectivity index (χ0v) is 22.8. The van der Waals surface area contributed by atoms with Crippen LogP contribution in [0.4, 0.5) is 26.3 Å². The number of nitrogens with zero attached hydrogens (tertiary/aromatic N) is 3.